The molecule has 1 amide bonds. The van der Waals surface area contributed by atoms with Gasteiger partial charge in [-0.05, 0) is 36.5 Å². The summed E-state index contributed by atoms with van der Waals surface area (Å²) in [6.07, 6.45) is 1.91. The minimum Gasteiger partial charge on any atom is -0.355 e. The minimum atomic E-state index is 0.201. The molecule has 1 rings (SSSR count). The number of hydrogen-bond donors (Lipinski definition) is 1. The fraction of sp³-hybridized carbons (Fsp3) is 0.429. The van der Waals surface area contributed by atoms with Gasteiger partial charge in [0.1, 0.15) is 0 Å². The summed E-state index contributed by atoms with van der Waals surface area (Å²) in [7, 11) is 0. The van der Waals surface area contributed by atoms with Gasteiger partial charge in [-0.15, -0.1) is 0 Å². The van der Waals surface area contributed by atoms with Crippen LogP contribution in [0.4, 0.5) is 0 Å². The van der Waals surface area contributed by atoms with Crippen molar-refractivity contribution in [3.8, 4) is 0 Å². The summed E-state index contributed by atoms with van der Waals surface area (Å²) in [5.41, 5.74) is 2.47. The number of carbonyl (C=O) groups excluding carboxylic acids is 3. The van der Waals surface area contributed by atoms with Crippen LogP contribution < -0.4 is 5.32 Å². The van der Waals surface area contributed by atoms with E-state index in [0.29, 0.717) is 5.92 Å². The van der Waals surface area contributed by atoms with Gasteiger partial charge in [-0.2, -0.15) is 9.59 Å². The summed E-state index contributed by atoms with van der Waals surface area (Å²) in [4.78, 5) is 26.8. The van der Waals surface area contributed by atoms with Crippen molar-refractivity contribution in [3.63, 3.8) is 0 Å². The van der Waals surface area contributed by atoms with E-state index in [9.17, 15) is 4.79 Å². The molecule has 5 heteroatoms. The maximum absolute atomic E-state index is 10.5. The molecule has 0 aliphatic carbocycles. The van der Waals surface area contributed by atoms with E-state index >= 15 is 0 Å². The molecule has 0 heterocycles. The fourth-order valence-corrected chi connectivity index (χ4v) is 2.02. The molecule has 1 unspecified atom stereocenters. The smallest absolute Gasteiger partial charge is 0.355 e. The van der Waals surface area contributed by atoms with E-state index in [1.807, 2.05) is 0 Å². The Morgan fingerprint density at radius 3 is 2.37 bits per heavy atom. The second-order valence-corrected chi connectivity index (χ2v) is 5.36. The van der Waals surface area contributed by atoms with Crippen molar-refractivity contribution in [2.75, 3.05) is 0 Å². The van der Waals surface area contributed by atoms with Gasteiger partial charge in [0.05, 0.1) is 0 Å². The first-order valence-corrected chi connectivity index (χ1v) is 6.69. The summed E-state index contributed by atoms with van der Waals surface area (Å²) in [5.74, 6) is 0.435. The zero-order valence-corrected chi connectivity index (χ0v) is 12.9. The summed E-state index contributed by atoms with van der Waals surface area (Å²) >= 11 is 3.52. The Morgan fingerprint density at radius 1 is 1.37 bits per heavy atom. The minimum absolute atomic E-state index is 0.201. The maximum atomic E-state index is 10.5. The number of hydrogen-bond acceptors (Lipinski definition) is 3. The van der Waals surface area contributed by atoms with Crippen molar-refractivity contribution in [2.45, 2.75) is 33.2 Å². The molecule has 1 atom stereocenters. The number of carbonyl (C=O) groups is 1. The molecule has 0 aliphatic rings. The highest BCUT2D eigenvalue weighted by Gasteiger charge is 2.13. The first kappa shape index (κ1) is 17.6. The lowest BCUT2D eigenvalue weighted by Crippen LogP contribution is -2.34. The van der Waals surface area contributed by atoms with E-state index in [1.54, 1.807) is 0 Å². The van der Waals surface area contributed by atoms with Crippen molar-refractivity contribution in [2.24, 2.45) is 5.92 Å². The molecule has 0 bridgehead atoms. The molecule has 104 valence electrons. The van der Waals surface area contributed by atoms with Crippen LogP contribution in [0.5, 0.6) is 0 Å². The maximum Gasteiger partial charge on any atom is 0.373 e. The molecule has 19 heavy (non-hydrogen) atoms. The third-order valence-electron chi connectivity index (χ3n) is 2.78. The van der Waals surface area contributed by atoms with Gasteiger partial charge in [0.2, 0.25) is 6.41 Å². The Balaban J connectivity index is 0.000000982. The molecule has 1 aromatic carbocycles. The van der Waals surface area contributed by atoms with Crippen molar-refractivity contribution >= 4 is 28.5 Å². The quantitative estimate of drug-likeness (QED) is 0.845. The lowest BCUT2D eigenvalue weighted by molar-refractivity contribution is -0.191. The van der Waals surface area contributed by atoms with Crippen LogP contribution in [0.2, 0.25) is 0 Å². The Morgan fingerprint density at radius 2 is 1.95 bits per heavy atom. The standard InChI is InChI=1S/C13H18BrNO.CO2/c1-9(2)13(15-8-16)7-11-5-4-10(3)12(14)6-11;2-1-3/h4-6,8-9,13H,7H2,1-3H3,(H,15,16);. The Bertz CT molecular complexity index is 440. The lowest BCUT2D eigenvalue weighted by Gasteiger charge is -2.20. The van der Waals surface area contributed by atoms with Crippen LogP contribution in [0.1, 0.15) is 25.0 Å². The largest absolute Gasteiger partial charge is 0.373 e. The van der Waals surface area contributed by atoms with Crippen molar-refractivity contribution in [1.82, 2.24) is 5.32 Å². The average Bonchev–Trinajstić information content (AvgIpc) is 2.34. The van der Waals surface area contributed by atoms with Gasteiger partial charge in [0.15, 0.2) is 0 Å². The molecular formula is C14H18BrNO3. The first-order valence-electron chi connectivity index (χ1n) is 5.90. The Kier molecular flexibility index (Phi) is 8.75. The highest BCUT2D eigenvalue weighted by molar-refractivity contribution is 9.10. The molecule has 0 radical (unpaired) electrons. The molecule has 0 saturated heterocycles. The molecule has 1 N–H and O–H groups in total. The van der Waals surface area contributed by atoms with Crippen LogP contribution in [-0.2, 0) is 20.8 Å². The van der Waals surface area contributed by atoms with Gasteiger partial charge in [-0.25, -0.2) is 0 Å². The number of aryl methyl sites for hydroxylation is 1. The second kappa shape index (κ2) is 9.48. The topological polar surface area (TPSA) is 63.2 Å². The lowest BCUT2D eigenvalue weighted by atomic mass is 9.96. The number of amides is 1. The second-order valence-electron chi connectivity index (χ2n) is 4.51. The monoisotopic (exact) mass is 327 g/mol. The van der Waals surface area contributed by atoms with E-state index in [4.69, 9.17) is 9.59 Å². The van der Waals surface area contributed by atoms with Gasteiger partial charge in [0.25, 0.3) is 0 Å². The van der Waals surface area contributed by atoms with E-state index in [-0.39, 0.29) is 12.2 Å². The van der Waals surface area contributed by atoms with Crippen LogP contribution in [0.15, 0.2) is 22.7 Å². The molecule has 0 aromatic heterocycles. The van der Waals surface area contributed by atoms with Gasteiger partial charge in [0, 0.05) is 10.5 Å². The van der Waals surface area contributed by atoms with E-state index in [1.165, 1.54) is 11.1 Å². The number of nitrogens with one attached hydrogen (secondary N) is 1. The first-order chi connectivity index (χ1) is 8.96. The number of rotatable bonds is 5. The van der Waals surface area contributed by atoms with Gasteiger partial charge in [-0.3, -0.25) is 4.79 Å². The number of halogens is 1. The van der Waals surface area contributed by atoms with Crippen molar-refractivity contribution in [1.29, 1.82) is 0 Å². The highest BCUT2D eigenvalue weighted by atomic mass is 79.9. The summed E-state index contributed by atoms with van der Waals surface area (Å²) in [5, 5.41) is 2.87. The Labute approximate surface area is 121 Å². The van der Waals surface area contributed by atoms with Crippen LogP contribution in [0, 0.1) is 12.8 Å². The van der Waals surface area contributed by atoms with Gasteiger partial charge < -0.3 is 5.32 Å². The molecule has 0 aliphatic heterocycles. The van der Waals surface area contributed by atoms with Crippen LogP contribution in [0.3, 0.4) is 0 Å². The zero-order chi connectivity index (χ0) is 14.8. The average molecular weight is 328 g/mol. The van der Waals surface area contributed by atoms with Crippen LogP contribution in [0.25, 0.3) is 0 Å². The normalized spacial score (nSPS) is 11.0. The summed E-state index contributed by atoms with van der Waals surface area (Å²) in [6, 6.07) is 6.53. The van der Waals surface area contributed by atoms with E-state index in [0.717, 1.165) is 17.3 Å². The predicted octanol–water partition coefficient (Wildman–Crippen LogP) is 2.49. The summed E-state index contributed by atoms with van der Waals surface area (Å²) < 4.78 is 1.12. The Hall–Kier alpha value is -1.45. The van der Waals surface area contributed by atoms with Crippen LogP contribution >= 0.6 is 15.9 Å². The summed E-state index contributed by atoms with van der Waals surface area (Å²) in [6.45, 7) is 6.30. The molecular weight excluding hydrogens is 310 g/mol. The van der Waals surface area contributed by atoms with Gasteiger partial charge in [-0.1, -0.05) is 41.9 Å². The molecule has 1 aromatic rings. The molecule has 0 saturated carbocycles. The van der Waals surface area contributed by atoms with Crippen molar-refractivity contribution < 1.29 is 14.4 Å². The molecule has 0 fully saturated rings. The zero-order valence-electron chi connectivity index (χ0n) is 11.3. The number of benzene rings is 1. The van der Waals surface area contributed by atoms with Crippen LogP contribution in [-0.4, -0.2) is 18.6 Å². The van der Waals surface area contributed by atoms with Crippen molar-refractivity contribution in [3.05, 3.63) is 33.8 Å². The SMILES string of the molecule is Cc1ccc(CC(NC=O)C(C)C)cc1Br.O=C=O. The third-order valence-corrected chi connectivity index (χ3v) is 3.63. The molecule has 0 spiro atoms. The third kappa shape index (κ3) is 6.89. The fourth-order valence-electron chi connectivity index (χ4n) is 1.59. The highest BCUT2D eigenvalue weighted by Crippen LogP contribution is 2.19. The van der Waals surface area contributed by atoms with E-state index in [2.05, 4.69) is 60.2 Å². The van der Waals surface area contributed by atoms with E-state index < -0.39 is 0 Å². The van der Waals surface area contributed by atoms with Gasteiger partial charge >= 0.3 is 6.15 Å². The molecule has 4 nitrogen and oxygen atoms in total. The predicted molar refractivity (Wildman–Crippen MR) is 75.4 cm³/mol.